The van der Waals surface area contributed by atoms with Crippen molar-refractivity contribution in [2.45, 2.75) is 31.7 Å². The second kappa shape index (κ2) is 6.17. The van der Waals surface area contributed by atoms with Crippen LogP contribution in [-0.4, -0.2) is 37.0 Å². The van der Waals surface area contributed by atoms with Gasteiger partial charge in [-0.3, -0.25) is 4.79 Å². The molecular formula is C13H20N2OS. The minimum absolute atomic E-state index is 0.283. The van der Waals surface area contributed by atoms with Gasteiger partial charge in [-0.25, -0.2) is 0 Å². The molecule has 2 heterocycles. The van der Waals surface area contributed by atoms with Gasteiger partial charge in [0.25, 0.3) is 0 Å². The Morgan fingerprint density at radius 2 is 2.29 bits per heavy atom. The number of nitrogens with one attached hydrogen (secondary N) is 1. The third-order valence-electron chi connectivity index (χ3n) is 3.42. The molecule has 94 valence electrons. The molecule has 0 aliphatic carbocycles. The lowest BCUT2D eigenvalue weighted by molar-refractivity contribution is -0.132. The number of carbonyl (C=O) groups excluding carboxylic acids is 1. The van der Waals surface area contributed by atoms with Gasteiger partial charge in [0.2, 0.25) is 5.91 Å². The Morgan fingerprint density at radius 3 is 2.94 bits per heavy atom. The lowest BCUT2D eigenvalue weighted by Crippen LogP contribution is -2.44. The van der Waals surface area contributed by atoms with Crippen LogP contribution in [0.2, 0.25) is 0 Å². The molecule has 1 aliphatic heterocycles. The zero-order chi connectivity index (χ0) is 12.1. The highest BCUT2D eigenvalue weighted by atomic mass is 32.1. The molecule has 0 spiro atoms. The van der Waals surface area contributed by atoms with Crippen molar-refractivity contribution in [1.82, 2.24) is 10.2 Å². The van der Waals surface area contributed by atoms with Gasteiger partial charge in [-0.15, -0.1) is 11.3 Å². The van der Waals surface area contributed by atoms with Gasteiger partial charge >= 0.3 is 0 Å². The number of amides is 1. The zero-order valence-corrected chi connectivity index (χ0v) is 11.1. The van der Waals surface area contributed by atoms with Crippen LogP contribution >= 0.6 is 11.3 Å². The molecule has 1 aromatic rings. The van der Waals surface area contributed by atoms with Gasteiger partial charge in [-0.1, -0.05) is 6.07 Å². The fraction of sp³-hybridized carbons (Fsp3) is 0.615. The molecule has 0 saturated carbocycles. The van der Waals surface area contributed by atoms with Gasteiger partial charge in [-0.2, -0.15) is 0 Å². The van der Waals surface area contributed by atoms with Crippen molar-refractivity contribution in [3.05, 3.63) is 22.4 Å². The minimum atomic E-state index is 0.283. The fourth-order valence-corrected chi connectivity index (χ4v) is 2.97. The van der Waals surface area contributed by atoms with Crippen molar-refractivity contribution in [2.75, 3.05) is 20.1 Å². The van der Waals surface area contributed by atoms with Crippen molar-refractivity contribution >= 4 is 17.2 Å². The highest BCUT2D eigenvalue weighted by Crippen LogP contribution is 2.14. The van der Waals surface area contributed by atoms with E-state index in [1.54, 1.807) is 11.3 Å². The summed E-state index contributed by atoms with van der Waals surface area (Å²) in [6.07, 6.45) is 3.69. The zero-order valence-electron chi connectivity index (χ0n) is 10.3. The van der Waals surface area contributed by atoms with Gasteiger partial charge in [0.1, 0.15) is 0 Å². The van der Waals surface area contributed by atoms with Gasteiger partial charge < -0.3 is 10.2 Å². The van der Waals surface area contributed by atoms with E-state index in [9.17, 15) is 4.79 Å². The standard InChI is InChI=1S/C13H20N2OS/c1-15(11-6-8-14-9-7-11)13(16)5-4-12-3-2-10-17-12/h2-3,10-11,14H,4-9H2,1H3. The molecule has 1 aromatic heterocycles. The first-order chi connectivity index (χ1) is 8.27. The van der Waals surface area contributed by atoms with Crippen molar-refractivity contribution in [2.24, 2.45) is 0 Å². The molecular weight excluding hydrogens is 232 g/mol. The maximum Gasteiger partial charge on any atom is 0.222 e. The van der Waals surface area contributed by atoms with Crippen molar-refractivity contribution in [1.29, 1.82) is 0 Å². The first-order valence-electron chi connectivity index (χ1n) is 6.26. The first-order valence-corrected chi connectivity index (χ1v) is 7.14. The van der Waals surface area contributed by atoms with Gasteiger partial charge in [0, 0.05) is 24.4 Å². The van der Waals surface area contributed by atoms with Crippen LogP contribution in [0.4, 0.5) is 0 Å². The Kier molecular flexibility index (Phi) is 4.57. The summed E-state index contributed by atoms with van der Waals surface area (Å²) in [5.41, 5.74) is 0. The largest absolute Gasteiger partial charge is 0.343 e. The third kappa shape index (κ3) is 3.54. The highest BCUT2D eigenvalue weighted by Gasteiger charge is 2.21. The summed E-state index contributed by atoms with van der Waals surface area (Å²) in [5.74, 6) is 0.283. The van der Waals surface area contributed by atoms with Crippen molar-refractivity contribution in [3.63, 3.8) is 0 Å². The third-order valence-corrected chi connectivity index (χ3v) is 4.35. The maximum absolute atomic E-state index is 12.0. The average Bonchev–Trinajstić information content (AvgIpc) is 2.89. The van der Waals surface area contributed by atoms with Crippen LogP contribution in [0.5, 0.6) is 0 Å². The Bertz CT molecular complexity index is 344. The highest BCUT2D eigenvalue weighted by molar-refractivity contribution is 7.09. The van der Waals surface area contributed by atoms with Gasteiger partial charge in [0.15, 0.2) is 0 Å². The predicted molar refractivity (Wildman–Crippen MR) is 71.3 cm³/mol. The van der Waals surface area contributed by atoms with E-state index in [2.05, 4.69) is 16.8 Å². The van der Waals surface area contributed by atoms with Gasteiger partial charge in [-0.05, 0) is 43.8 Å². The minimum Gasteiger partial charge on any atom is -0.343 e. The molecule has 0 radical (unpaired) electrons. The van der Waals surface area contributed by atoms with E-state index in [1.165, 1.54) is 4.88 Å². The number of nitrogens with zero attached hydrogens (tertiary/aromatic N) is 1. The molecule has 0 atom stereocenters. The van der Waals surface area contributed by atoms with Crippen molar-refractivity contribution in [3.8, 4) is 0 Å². The quantitative estimate of drug-likeness (QED) is 0.887. The predicted octanol–water partition coefficient (Wildman–Crippen LogP) is 1.89. The molecule has 0 unspecified atom stereocenters. The van der Waals surface area contributed by atoms with Crippen molar-refractivity contribution < 1.29 is 4.79 Å². The summed E-state index contributed by atoms with van der Waals surface area (Å²) in [5, 5.41) is 5.39. The van der Waals surface area contributed by atoms with Crippen LogP contribution in [0.1, 0.15) is 24.1 Å². The van der Waals surface area contributed by atoms with Crippen LogP contribution in [0.25, 0.3) is 0 Å². The molecule has 0 bridgehead atoms. The second-order valence-corrected chi connectivity index (χ2v) is 5.60. The second-order valence-electron chi connectivity index (χ2n) is 4.57. The summed E-state index contributed by atoms with van der Waals surface area (Å²) >= 11 is 1.73. The van der Waals surface area contributed by atoms with Crippen LogP contribution in [0, 0.1) is 0 Å². The molecule has 1 N–H and O–H groups in total. The number of hydrogen-bond acceptors (Lipinski definition) is 3. The van der Waals surface area contributed by atoms with E-state index in [0.29, 0.717) is 12.5 Å². The monoisotopic (exact) mass is 252 g/mol. The lowest BCUT2D eigenvalue weighted by atomic mass is 10.0. The molecule has 2 rings (SSSR count). The Balaban J connectivity index is 1.78. The van der Waals surface area contributed by atoms with Crippen LogP contribution in [0.3, 0.4) is 0 Å². The van der Waals surface area contributed by atoms with Crippen LogP contribution in [-0.2, 0) is 11.2 Å². The van der Waals surface area contributed by atoms with E-state index in [0.717, 1.165) is 32.4 Å². The van der Waals surface area contributed by atoms with Crippen LogP contribution < -0.4 is 5.32 Å². The van der Waals surface area contributed by atoms with Crippen LogP contribution in [0.15, 0.2) is 17.5 Å². The van der Waals surface area contributed by atoms with E-state index < -0.39 is 0 Å². The molecule has 0 aromatic carbocycles. The van der Waals surface area contributed by atoms with E-state index in [4.69, 9.17) is 0 Å². The molecule has 1 saturated heterocycles. The number of thiophene rings is 1. The Hall–Kier alpha value is -0.870. The maximum atomic E-state index is 12.0. The molecule has 1 fully saturated rings. The van der Waals surface area contributed by atoms with E-state index >= 15 is 0 Å². The summed E-state index contributed by atoms with van der Waals surface area (Å²) in [7, 11) is 1.95. The van der Waals surface area contributed by atoms with Gasteiger partial charge in [0.05, 0.1) is 0 Å². The molecule has 1 aliphatic rings. The average molecular weight is 252 g/mol. The number of hydrogen-bond donors (Lipinski definition) is 1. The summed E-state index contributed by atoms with van der Waals surface area (Å²) in [4.78, 5) is 15.3. The number of carbonyl (C=O) groups is 1. The molecule has 4 heteroatoms. The molecule has 1 amide bonds. The van der Waals surface area contributed by atoms with E-state index in [1.807, 2.05) is 18.0 Å². The number of rotatable bonds is 4. The Morgan fingerprint density at radius 1 is 1.53 bits per heavy atom. The first kappa shape index (κ1) is 12.6. The Labute approximate surface area is 107 Å². The smallest absolute Gasteiger partial charge is 0.222 e. The topological polar surface area (TPSA) is 32.3 Å². The molecule has 17 heavy (non-hydrogen) atoms. The fourth-order valence-electron chi connectivity index (χ4n) is 2.26. The number of aryl methyl sites for hydroxylation is 1. The summed E-state index contributed by atoms with van der Waals surface area (Å²) in [6, 6.07) is 4.58. The number of piperidine rings is 1. The summed E-state index contributed by atoms with van der Waals surface area (Å²) < 4.78 is 0. The summed E-state index contributed by atoms with van der Waals surface area (Å²) in [6.45, 7) is 2.07. The SMILES string of the molecule is CN(C(=O)CCc1cccs1)C1CCNCC1. The normalized spacial score (nSPS) is 17.0. The van der Waals surface area contributed by atoms with E-state index in [-0.39, 0.29) is 5.91 Å². The lowest BCUT2D eigenvalue weighted by Gasteiger charge is -2.31. The molecule has 3 nitrogen and oxygen atoms in total.